The van der Waals surface area contributed by atoms with E-state index in [0.29, 0.717) is 29.0 Å². The number of aliphatic hydroxyl groups is 1. The topological polar surface area (TPSA) is 127 Å². The number of amides is 1. The summed E-state index contributed by atoms with van der Waals surface area (Å²) >= 11 is 0. The lowest BCUT2D eigenvalue weighted by atomic mass is 10.1. The van der Waals surface area contributed by atoms with Crippen LogP contribution in [0.3, 0.4) is 0 Å². The van der Waals surface area contributed by atoms with Gasteiger partial charge in [-0.05, 0) is 50.2 Å². The lowest BCUT2D eigenvalue weighted by Crippen LogP contribution is -2.27. The number of phenols is 1. The fourth-order valence-electron chi connectivity index (χ4n) is 3.52. The van der Waals surface area contributed by atoms with Gasteiger partial charge >= 0.3 is 0 Å². The van der Waals surface area contributed by atoms with Gasteiger partial charge < -0.3 is 19.5 Å². The van der Waals surface area contributed by atoms with Crippen molar-refractivity contribution in [2.75, 3.05) is 5.32 Å². The SMILES string of the molecule is CC(C)(O)Cn1c(NC(=O)c2ccnc(COc3cccc(O)c3C=O)c2)nc2ccccc21. The normalized spacial score (nSPS) is 11.4. The highest BCUT2D eigenvalue weighted by Crippen LogP contribution is 2.26. The third-order valence-electron chi connectivity index (χ3n) is 5.04. The van der Waals surface area contributed by atoms with Crippen LogP contribution in [-0.2, 0) is 13.2 Å². The van der Waals surface area contributed by atoms with Gasteiger partial charge in [0.2, 0.25) is 5.95 Å². The van der Waals surface area contributed by atoms with Crippen molar-refractivity contribution in [3.05, 3.63) is 77.6 Å². The number of aromatic hydroxyl groups is 1. The minimum atomic E-state index is -1.02. The number of aldehydes is 1. The highest BCUT2D eigenvalue weighted by atomic mass is 16.5. The van der Waals surface area contributed by atoms with Crippen molar-refractivity contribution in [1.82, 2.24) is 14.5 Å². The number of aromatic nitrogens is 3. The number of anilines is 1. The van der Waals surface area contributed by atoms with Crippen LogP contribution in [0.25, 0.3) is 11.0 Å². The Kier molecular flexibility index (Phi) is 6.29. The van der Waals surface area contributed by atoms with Crippen LogP contribution in [0.1, 0.15) is 40.3 Å². The van der Waals surface area contributed by atoms with Crippen molar-refractivity contribution in [3.8, 4) is 11.5 Å². The van der Waals surface area contributed by atoms with Gasteiger partial charge in [-0.15, -0.1) is 0 Å². The van der Waals surface area contributed by atoms with E-state index in [1.54, 1.807) is 42.7 Å². The molecule has 34 heavy (non-hydrogen) atoms. The van der Waals surface area contributed by atoms with E-state index in [-0.39, 0.29) is 30.2 Å². The van der Waals surface area contributed by atoms with Gasteiger partial charge in [0.1, 0.15) is 18.1 Å². The van der Waals surface area contributed by atoms with Crippen molar-refractivity contribution < 1.29 is 24.5 Å². The Labute approximate surface area is 195 Å². The van der Waals surface area contributed by atoms with Gasteiger partial charge in [0.15, 0.2) is 6.29 Å². The van der Waals surface area contributed by atoms with Crippen LogP contribution >= 0.6 is 0 Å². The summed E-state index contributed by atoms with van der Waals surface area (Å²) in [5, 5.41) is 23.0. The molecule has 9 heteroatoms. The minimum Gasteiger partial charge on any atom is -0.507 e. The minimum absolute atomic E-state index is 0.0113. The Morgan fingerprint density at radius 3 is 2.74 bits per heavy atom. The number of carbonyl (C=O) groups excluding carboxylic acids is 2. The van der Waals surface area contributed by atoms with E-state index >= 15 is 0 Å². The van der Waals surface area contributed by atoms with Crippen LogP contribution in [0.2, 0.25) is 0 Å². The van der Waals surface area contributed by atoms with E-state index < -0.39 is 11.5 Å². The molecule has 0 saturated heterocycles. The molecule has 4 aromatic rings. The van der Waals surface area contributed by atoms with Gasteiger partial charge in [0, 0.05) is 11.8 Å². The van der Waals surface area contributed by atoms with Gasteiger partial charge in [-0.1, -0.05) is 18.2 Å². The summed E-state index contributed by atoms with van der Waals surface area (Å²) in [6.45, 7) is 3.60. The Hall–Kier alpha value is -4.24. The third kappa shape index (κ3) is 5.05. The zero-order valence-corrected chi connectivity index (χ0v) is 18.7. The maximum absolute atomic E-state index is 13.0. The Morgan fingerprint density at radius 2 is 1.97 bits per heavy atom. The summed E-state index contributed by atoms with van der Waals surface area (Å²) in [7, 11) is 0. The van der Waals surface area contributed by atoms with Crippen molar-refractivity contribution in [2.45, 2.75) is 32.6 Å². The standard InChI is InChI=1S/C25H24N4O5/c1-25(2,33)15-29-20-7-4-3-6-19(20)27-24(29)28-23(32)16-10-11-26-17(12-16)14-34-22-9-5-8-21(31)18(22)13-30/h3-13,31,33H,14-15H2,1-2H3,(H,27,28,32). The van der Waals surface area contributed by atoms with Crippen LogP contribution < -0.4 is 10.1 Å². The highest BCUT2D eigenvalue weighted by molar-refractivity contribution is 6.04. The molecule has 0 aliphatic rings. The average molecular weight is 460 g/mol. The number of phenolic OH excluding ortho intramolecular Hbond substituents is 1. The van der Waals surface area contributed by atoms with Gasteiger partial charge in [0.25, 0.3) is 5.91 Å². The monoisotopic (exact) mass is 460 g/mol. The summed E-state index contributed by atoms with van der Waals surface area (Å²) in [6.07, 6.45) is 2.00. The Balaban J connectivity index is 1.54. The summed E-state index contributed by atoms with van der Waals surface area (Å²) in [4.78, 5) is 33.0. The van der Waals surface area contributed by atoms with E-state index in [4.69, 9.17) is 4.74 Å². The molecule has 0 aliphatic carbocycles. The molecule has 2 aromatic heterocycles. The number of imidazole rings is 1. The number of ether oxygens (including phenoxy) is 1. The Bertz CT molecular complexity index is 1360. The number of para-hydroxylation sites is 2. The van der Waals surface area contributed by atoms with E-state index in [1.165, 1.54) is 12.3 Å². The van der Waals surface area contributed by atoms with Crippen LogP contribution in [-0.4, -0.2) is 42.5 Å². The molecule has 0 unspecified atom stereocenters. The molecule has 0 radical (unpaired) electrons. The molecule has 3 N–H and O–H groups in total. The lowest BCUT2D eigenvalue weighted by Gasteiger charge is -2.20. The predicted octanol–water partition coefficient (Wildman–Crippen LogP) is 3.55. The molecule has 0 aliphatic heterocycles. The fraction of sp³-hybridized carbons (Fsp3) is 0.200. The first-order valence-electron chi connectivity index (χ1n) is 10.6. The zero-order valence-electron chi connectivity index (χ0n) is 18.7. The second-order valence-corrected chi connectivity index (χ2v) is 8.41. The van der Waals surface area contributed by atoms with Gasteiger partial charge in [0.05, 0.1) is 34.4 Å². The maximum Gasteiger partial charge on any atom is 0.258 e. The number of carbonyl (C=O) groups is 2. The van der Waals surface area contributed by atoms with Crippen molar-refractivity contribution in [1.29, 1.82) is 0 Å². The number of rotatable bonds is 8. The van der Waals surface area contributed by atoms with Crippen LogP contribution in [0.5, 0.6) is 11.5 Å². The molecular formula is C25H24N4O5. The molecule has 174 valence electrons. The number of benzene rings is 2. The van der Waals surface area contributed by atoms with Gasteiger partial charge in [-0.2, -0.15) is 0 Å². The lowest BCUT2D eigenvalue weighted by molar-refractivity contribution is 0.0630. The molecule has 2 aromatic carbocycles. The van der Waals surface area contributed by atoms with E-state index in [2.05, 4.69) is 15.3 Å². The molecule has 0 saturated carbocycles. The van der Waals surface area contributed by atoms with Crippen LogP contribution in [0, 0.1) is 0 Å². The van der Waals surface area contributed by atoms with E-state index in [9.17, 15) is 19.8 Å². The first-order valence-corrected chi connectivity index (χ1v) is 10.6. The molecule has 0 bridgehead atoms. The highest BCUT2D eigenvalue weighted by Gasteiger charge is 2.21. The molecular weight excluding hydrogens is 436 g/mol. The van der Waals surface area contributed by atoms with Crippen LogP contribution in [0.15, 0.2) is 60.8 Å². The second-order valence-electron chi connectivity index (χ2n) is 8.41. The summed E-state index contributed by atoms with van der Waals surface area (Å²) in [5.74, 6) is -0.0465. The Morgan fingerprint density at radius 1 is 1.18 bits per heavy atom. The van der Waals surface area contributed by atoms with Crippen molar-refractivity contribution >= 4 is 29.2 Å². The van der Waals surface area contributed by atoms with Gasteiger partial charge in [-0.3, -0.25) is 19.9 Å². The predicted molar refractivity (Wildman–Crippen MR) is 126 cm³/mol. The zero-order chi connectivity index (χ0) is 24.3. The number of nitrogens with zero attached hydrogens (tertiary/aromatic N) is 3. The van der Waals surface area contributed by atoms with E-state index in [1.807, 2.05) is 24.3 Å². The number of fused-ring (bicyclic) bond motifs is 1. The molecule has 0 atom stereocenters. The first kappa shape index (κ1) is 22.9. The first-order chi connectivity index (χ1) is 16.2. The quantitative estimate of drug-likeness (QED) is 0.343. The summed E-state index contributed by atoms with van der Waals surface area (Å²) < 4.78 is 7.40. The number of pyridine rings is 1. The molecule has 2 heterocycles. The maximum atomic E-state index is 13.0. The van der Waals surface area contributed by atoms with E-state index in [0.717, 1.165) is 5.52 Å². The largest absolute Gasteiger partial charge is 0.507 e. The molecule has 9 nitrogen and oxygen atoms in total. The van der Waals surface area contributed by atoms with Crippen molar-refractivity contribution in [3.63, 3.8) is 0 Å². The average Bonchev–Trinajstić information content (AvgIpc) is 3.13. The summed E-state index contributed by atoms with van der Waals surface area (Å²) in [5.41, 5.74) is 1.31. The number of nitrogens with one attached hydrogen (secondary N) is 1. The van der Waals surface area contributed by atoms with Crippen molar-refractivity contribution in [2.24, 2.45) is 0 Å². The molecule has 1 amide bonds. The molecule has 0 fully saturated rings. The number of hydrogen-bond acceptors (Lipinski definition) is 7. The summed E-state index contributed by atoms with van der Waals surface area (Å²) in [6, 6.07) is 15.1. The molecule has 0 spiro atoms. The second kappa shape index (κ2) is 9.32. The fourth-order valence-corrected chi connectivity index (χ4v) is 3.52. The number of hydrogen-bond donors (Lipinski definition) is 3. The smallest absolute Gasteiger partial charge is 0.258 e. The third-order valence-corrected chi connectivity index (χ3v) is 5.04. The van der Waals surface area contributed by atoms with Gasteiger partial charge in [-0.25, -0.2) is 4.98 Å². The van der Waals surface area contributed by atoms with Crippen LogP contribution in [0.4, 0.5) is 5.95 Å². The molecule has 4 rings (SSSR count).